The molecule has 4 N–H and O–H groups in total. The van der Waals surface area contributed by atoms with Crippen molar-refractivity contribution in [3.8, 4) is 0 Å². The average molecular weight is 248 g/mol. The number of pyridine rings is 1. The number of hydrogen-bond acceptors (Lipinski definition) is 3. The molecule has 0 radical (unpaired) electrons. The minimum atomic E-state index is -4.39. The molecule has 0 aliphatic heterocycles. The van der Waals surface area contributed by atoms with E-state index in [0.29, 0.717) is 12.4 Å². The maximum Gasteiger partial charge on any atom is 0.417 e. The summed E-state index contributed by atoms with van der Waals surface area (Å²) >= 11 is 0. The number of urea groups is 1. The van der Waals surface area contributed by atoms with Crippen molar-refractivity contribution in [1.29, 1.82) is 0 Å². The summed E-state index contributed by atoms with van der Waals surface area (Å²) < 4.78 is 36.6. The van der Waals surface area contributed by atoms with Crippen molar-refractivity contribution in [2.45, 2.75) is 6.18 Å². The van der Waals surface area contributed by atoms with Crippen molar-refractivity contribution in [2.24, 2.45) is 5.73 Å². The molecule has 0 fully saturated rings. The summed E-state index contributed by atoms with van der Waals surface area (Å²) in [7, 11) is 0. The third-order valence-corrected chi connectivity index (χ3v) is 1.82. The maximum absolute atomic E-state index is 12.2. The molecule has 1 aromatic rings. The number of nitrogens with one attached hydrogen (secondary N) is 2. The van der Waals surface area contributed by atoms with E-state index in [2.05, 4.69) is 15.6 Å². The van der Waals surface area contributed by atoms with Crippen molar-refractivity contribution in [3.63, 3.8) is 0 Å². The summed E-state index contributed by atoms with van der Waals surface area (Å²) in [5.74, 6) is 0.296. The highest BCUT2D eigenvalue weighted by atomic mass is 19.4. The Kier molecular flexibility index (Phi) is 4.13. The van der Waals surface area contributed by atoms with Crippen LogP contribution in [0.25, 0.3) is 0 Å². The van der Waals surface area contributed by atoms with Crippen molar-refractivity contribution < 1.29 is 18.0 Å². The molecule has 1 heterocycles. The molecule has 2 amide bonds. The van der Waals surface area contributed by atoms with Gasteiger partial charge in [-0.1, -0.05) is 0 Å². The summed E-state index contributed by atoms with van der Waals surface area (Å²) in [6, 6.07) is 1.48. The smallest absolute Gasteiger partial charge is 0.368 e. The second kappa shape index (κ2) is 5.37. The minimum Gasteiger partial charge on any atom is -0.368 e. The molecule has 0 aromatic carbocycles. The van der Waals surface area contributed by atoms with Gasteiger partial charge in [0, 0.05) is 19.3 Å². The molecule has 17 heavy (non-hydrogen) atoms. The van der Waals surface area contributed by atoms with Crippen LogP contribution in [0.2, 0.25) is 0 Å². The highest BCUT2D eigenvalue weighted by Gasteiger charge is 2.30. The summed E-state index contributed by atoms with van der Waals surface area (Å²) in [5, 5.41) is 5.05. The molecule has 1 rings (SSSR count). The lowest BCUT2D eigenvalue weighted by Crippen LogP contribution is -2.33. The third kappa shape index (κ3) is 4.58. The van der Waals surface area contributed by atoms with Crippen LogP contribution in [0.3, 0.4) is 0 Å². The Balaban J connectivity index is 2.43. The van der Waals surface area contributed by atoms with E-state index < -0.39 is 17.8 Å². The number of carbonyl (C=O) groups is 1. The van der Waals surface area contributed by atoms with Gasteiger partial charge >= 0.3 is 12.2 Å². The standard InChI is InChI=1S/C9H11F3N4O/c10-9(11,12)6-1-2-7(16-5-6)14-3-4-15-8(13)17/h1-2,5H,3-4H2,(H,14,16)(H3,13,15,17). The Hall–Kier alpha value is -1.99. The lowest BCUT2D eigenvalue weighted by atomic mass is 10.3. The van der Waals surface area contributed by atoms with Crippen molar-refractivity contribution in [2.75, 3.05) is 18.4 Å². The number of nitrogens with zero attached hydrogens (tertiary/aromatic N) is 1. The van der Waals surface area contributed by atoms with E-state index in [0.717, 1.165) is 12.3 Å². The van der Waals surface area contributed by atoms with E-state index in [1.807, 2.05) is 0 Å². The lowest BCUT2D eigenvalue weighted by Gasteiger charge is -2.08. The highest BCUT2D eigenvalue weighted by molar-refractivity contribution is 5.71. The quantitative estimate of drug-likeness (QED) is 0.700. The summed E-state index contributed by atoms with van der Waals surface area (Å²) in [5.41, 5.74) is 4.01. The molecule has 0 atom stereocenters. The number of amides is 2. The molecule has 94 valence electrons. The van der Waals surface area contributed by atoms with E-state index in [1.54, 1.807) is 0 Å². The van der Waals surface area contributed by atoms with E-state index in [4.69, 9.17) is 5.73 Å². The van der Waals surface area contributed by atoms with E-state index in [1.165, 1.54) is 6.07 Å². The minimum absolute atomic E-state index is 0.262. The van der Waals surface area contributed by atoms with Gasteiger partial charge in [-0.25, -0.2) is 9.78 Å². The van der Waals surface area contributed by atoms with Crippen LogP contribution in [-0.2, 0) is 6.18 Å². The molecule has 0 saturated heterocycles. The van der Waals surface area contributed by atoms with Crippen LogP contribution < -0.4 is 16.4 Å². The lowest BCUT2D eigenvalue weighted by molar-refractivity contribution is -0.137. The first-order chi connectivity index (χ1) is 7.89. The van der Waals surface area contributed by atoms with Crippen LogP contribution in [0, 0.1) is 0 Å². The van der Waals surface area contributed by atoms with Gasteiger partial charge in [0.05, 0.1) is 5.56 Å². The fraction of sp³-hybridized carbons (Fsp3) is 0.333. The van der Waals surface area contributed by atoms with Gasteiger partial charge in [0.25, 0.3) is 0 Å². The van der Waals surface area contributed by atoms with Crippen LogP contribution in [0.4, 0.5) is 23.8 Å². The van der Waals surface area contributed by atoms with Crippen molar-refractivity contribution in [3.05, 3.63) is 23.9 Å². The van der Waals surface area contributed by atoms with Crippen LogP contribution in [0.15, 0.2) is 18.3 Å². The number of nitrogens with two attached hydrogens (primary N) is 1. The molecule has 0 aliphatic rings. The number of hydrogen-bond donors (Lipinski definition) is 3. The monoisotopic (exact) mass is 248 g/mol. The van der Waals surface area contributed by atoms with Gasteiger partial charge in [-0.3, -0.25) is 0 Å². The number of carbonyl (C=O) groups excluding carboxylic acids is 1. The van der Waals surface area contributed by atoms with Crippen LogP contribution in [0.1, 0.15) is 5.56 Å². The number of halogens is 3. The van der Waals surface area contributed by atoms with Crippen LogP contribution >= 0.6 is 0 Å². The fourth-order valence-corrected chi connectivity index (χ4v) is 1.04. The molecule has 0 unspecified atom stereocenters. The zero-order chi connectivity index (χ0) is 12.9. The largest absolute Gasteiger partial charge is 0.417 e. The predicted octanol–water partition coefficient (Wildman–Crippen LogP) is 1.18. The molecular weight excluding hydrogens is 237 g/mol. The number of anilines is 1. The van der Waals surface area contributed by atoms with Crippen molar-refractivity contribution in [1.82, 2.24) is 10.3 Å². The zero-order valence-electron chi connectivity index (χ0n) is 8.71. The number of alkyl halides is 3. The molecular formula is C9H11F3N4O. The molecule has 1 aromatic heterocycles. The average Bonchev–Trinajstić information content (AvgIpc) is 2.23. The van der Waals surface area contributed by atoms with Gasteiger partial charge in [-0.15, -0.1) is 0 Å². The molecule has 5 nitrogen and oxygen atoms in total. The molecule has 0 spiro atoms. The molecule has 0 saturated carbocycles. The first-order valence-corrected chi connectivity index (χ1v) is 4.70. The summed E-state index contributed by atoms with van der Waals surface area (Å²) in [6.45, 7) is 0.583. The fourth-order valence-electron chi connectivity index (χ4n) is 1.04. The van der Waals surface area contributed by atoms with Gasteiger partial charge in [-0.2, -0.15) is 13.2 Å². The summed E-state index contributed by atoms with van der Waals surface area (Å²) in [6.07, 6.45) is -3.65. The van der Waals surface area contributed by atoms with Gasteiger partial charge in [-0.05, 0) is 12.1 Å². The zero-order valence-corrected chi connectivity index (χ0v) is 8.71. The van der Waals surface area contributed by atoms with E-state index >= 15 is 0 Å². The predicted molar refractivity (Wildman–Crippen MR) is 55.3 cm³/mol. The Morgan fingerprint density at radius 1 is 1.35 bits per heavy atom. The van der Waals surface area contributed by atoms with Gasteiger partial charge in [0.2, 0.25) is 0 Å². The first kappa shape index (κ1) is 13.1. The Labute approximate surface area is 95.2 Å². The Morgan fingerprint density at radius 2 is 2.06 bits per heavy atom. The molecule has 8 heteroatoms. The summed E-state index contributed by atoms with van der Waals surface area (Å²) in [4.78, 5) is 13.9. The number of rotatable bonds is 4. The third-order valence-electron chi connectivity index (χ3n) is 1.82. The van der Waals surface area contributed by atoms with E-state index in [9.17, 15) is 18.0 Å². The Morgan fingerprint density at radius 3 is 2.53 bits per heavy atom. The van der Waals surface area contributed by atoms with Gasteiger partial charge in [0.15, 0.2) is 0 Å². The second-order valence-electron chi connectivity index (χ2n) is 3.15. The maximum atomic E-state index is 12.2. The SMILES string of the molecule is NC(=O)NCCNc1ccc(C(F)(F)F)cn1. The topological polar surface area (TPSA) is 80.0 Å². The molecule has 0 bridgehead atoms. The number of aromatic nitrogens is 1. The molecule has 0 aliphatic carbocycles. The van der Waals surface area contributed by atoms with Gasteiger partial charge in [0.1, 0.15) is 5.82 Å². The van der Waals surface area contributed by atoms with Crippen molar-refractivity contribution >= 4 is 11.8 Å². The van der Waals surface area contributed by atoms with Gasteiger partial charge < -0.3 is 16.4 Å². The van der Waals surface area contributed by atoms with E-state index in [-0.39, 0.29) is 6.54 Å². The van der Waals surface area contributed by atoms with Crippen LogP contribution in [-0.4, -0.2) is 24.1 Å². The normalized spacial score (nSPS) is 11.0. The first-order valence-electron chi connectivity index (χ1n) is 4.70. The van der Waals surface area contributed by atoms with Crippen LogP contribution in [0.5, 0.6) is 0 Å². The highest BCUT2D eigenvalue weighted by Crippen LogP contribution is 2.28. The number of primary amides is 1. The second-order valence-corrected chi connectivity index (χ2v) is 3.15. The Bertz CT molecular complexity index is 377.